The van der Waals surface area contributed by atoms with Crippen molar-refractivity contribution in [1.29, 1.82) is 0 Å². The zero-order valence-electron chi connectivity index (χ0n) is 24.8. The molecule has 1 aliphatic heterocycles. The van der Waals surface area contributed by atoms with Crippen LogP contribution in [0.5, 0.6) is 11.5 Å². The molecule has 0 spiro atoms. The first-order valence-electron chi connectivity index (χ1n) is 16.0. The molecule has 3 aliphatic rings. The Hall–Kier alpha value is -3.16. The molecule has 2 heterocycles. The molecule has 1 aromatic heterocycles. The van der Waals surface area contributed by atoms with E-state index in [9.17, 15) is 15.3 Å². The number of phenolic OH excluding ortho intramolecular Hbond substituents is 1. The van der Waals surface area contributed by atoms with Crippen LogP contribution in [0.2, 0.25) is 0 Å². The number of rotatable bonds is 13. The van der Waals surface area contributed by atoms with E-state index in [0.29, 0.717) is 49.9 Å². The van der Waals surface area contributed by atoms with Gasteiger partial charge in [-0.2, -0.15) is 0 Å². The second kappa shape index (κ2) is 14.8. The van der Waals surface area contributed by atoms with Gasteiger partial charge in [-0.15, -0.1) is 0 Å². The Morgan fingerprint density at radius 3 is 2.83 bits per heavy atom. The number of benzene rings is 1. The van der Waals surface area contributed by atoms with Gasteiger partial charge in [0.2, 0.25) is 0 Å². The molecule has 1 saturated carbocycles. The van der Waals surface area contributed by atoms with Crippen LogP contribution in [-0.4, -0.2) is 45.7 Å². The molecule has 0 amide bonds. The van der Waals surface area contributed by atoms with E-state index in [1.165, 1.54) is 31.3 Å². The fourth-order valence-electron chi connectivity index (χ4n) is 7.11. The predicted octanol–water partition coefficient (Wildman–Crippen LogP) is 5.49. The van der Waals surface area contributed by atoms with Crippen molar-refractivity contribution in [1.82, 2.24) is 10.3 Å². The normalized spacial score (nSPS) is 24.4. The molecular formula is C35H49N3O4. The number of aliphatic hydroxyl groups is 2. The molecule has 2 aliphatic carbocycles. The Morgan fingerprint density at radius 1 is 1.10 bits per heavy atom. The molecule has 5 rings (SSSR count). The number of H-pyrrole nitrogens is 1. The number of hydrogen-bond acceptors (Lipinski definition) is 6. The summed E-state index contributed by atoms with van der Waals surface area (Å²) < 4.78 is 6.09. The van der Waals surface area contributed by atoms with Crippen molar-refractivity contribution in [3.05, 3.63) is 83.5 Å². The molecule has 1 fully saturated rings. The maximum atomic E-state index is 11.0. The van der Waals surface area contributed by atoms with Crippen LogP contribution in [0.1, 0.15) is 69.0 Å². The van der Waals surface area contributed by atoms with E-state index < -0.39 is 12.2 Å². The van der Waals surface area contributed by atoms with Crippen molar-refractivity contribution in [3.63, 3.8) is 0 Å². The number of dihydropyridines is 1. The number of nitrogens with one attached hydrogen (secondary N) is 2. The molecule has 1 aromatic carbocycles. The van der Waals surface area contributed by atoms with E-state index in [-0.39, 0.29) is 17.6 Å². The second-order valence-corrected chi connectivity index (χ2v) is 12.6. The van der Waals surface area contributed by atoms with Crippen molar-refractivity contribution in [2.75, 3.05) is 13.2 Å². The third-order valence-corrected chi connectivity index (χ3v) is 9.56. The topological polar surface area (TPSA) is 124 Å². The quantitative estimate of drug-likeness (QED) is 0.176. The smallest absolute Gasteiger partial charge is 0.161 e. The molecule has 7 N–H and O–H groups in total. The van der Waals surface area contributed by atoms with E-state index in [4.69, 9.17) is 10.5 Å². The van der Waals surface area contributed by atoms with Crippen LogP contribution in [0.15, 0.2) is 72.2 Å². The Kier molecular flexibility index (Phi) is 10.7. The first kappa shape index (κ1) is 30.3. The monoisotopic (exact) mass is 575 g/mol. The zero-order chi connectivity index (χ0) is 29.3. The maximum absolute atomic E-state index is 11.0. The van der Waals surface area contributed by atoms with Crippen molar-refractivity contribution in [3.8, 4) is 11.5 Å². The van der Waals surface area contributed by atoms with Gasteiger partial charge in [0.1, 0.15) is 0 Å². The molecule has 2 aromatic rings. The molecule has 7 heteroatoms. The number of ether oxygens (including phenoxy) is 1. The molecule has 0 saturated heterocycles. The highest BCUT2D eigenvalue weighted by atomic mass is 16.5. The van der Waals surface area contributed by atoms with Crippen LogP contribution in [0.3, 0.4) is 0 Å². The fourth-order valence-corrected chi connectivity index (χ4v) is 7.11. The van der Waals surface area contributed by atoms with Crippen LogP contribution in [0.25, 0.3) is 0 Å². The fraction of sp³-hybridized carbons (Fsp3) is 0.543. The maximum Gasteiger partial charge on any atom is 0.161 e. The number of aryl methyl sites for hydroxylation is 1. The molecule has 0 radical (unpaired) electrons. The molecular weight excluding hydrogens is 526 g/mol. The van der Waals surface area contributed by atoms with Crippen LogP contribution >= 0.6 is 0 Å². The van der Waals surface area contributed by atoms with Gasteiger partial charge in [0.15, 0.2) is 11.5 Å². The highest BCUT2D eigenvalue weighted by Crippen LogP contribution is 2.40. The largest absolute Gasteiger partial charge is 0.504 e. The highest BCUT2D eigenvalue weighted by Gasteiger charge is 2.32. The zero-order valence-corrected chi connectivity index (χ0v) is 24.8. The number of phenols is 1. The number of fused-ring (bicyclic) bond motifs is 1. The summed E-state index contributed by atoms with van der Waals surface area (Å²) in [5, 5.41) is 35.4. The van der Waals surface area contributed by atoms with Crippen molar-refractivity contribution >= 4 is 0 Å². The summed E-state index contributed by atoms with van der Waals surface area (Å²) in [6.45, 7) is 1.17. The Labute approximate surface area is 250 Å². The van der Waals surface area contributed by atoms with Gasteiger partial charge in [0.25, 0.3) is 0 Å². The third-order valence-electron chi connectivity index (χ3n) is 9.56. The summed E-state index contributed by atoms with van der Waals surface area (Å²) in [6, 6.07) is 9.52. The van der Waals surface area contributed by atoms with E-state index in [1.807, 2.05) is 30.5 Å². The van der Waals surface area contributed by atoms with E-state index >= 15 is 0 Å². The van der Waals surface area contributed by atoms with Crippen molar-refractivity contribution in [2.45, 2.75) is 82.8 Å². The highest BCUT2D eigenvalue weighted by molar-refractivity contribution is 5.42. The first-order valence-corrected chi connectivity index (χ1v) is 16.0. The second-order valence-electron chi connectivity index (χ2n) is 12.6. The Bertz CT molecular complexity index is 1220. The van der Waals surface area contributed by atoms with Gasteiger partial charge < -0.3 is 36.1 Å². The average Bonchev–Trinajstić information content (AvgIpc) is 3.40. The van der Waals surface area contributed by atoms with Gasteiger partial charge in [-0.05, 0) is 129 Å². The number of hydrogen-bond donors (Lipinski definition) is 6. The number of aromatic amines is 1. The van der Waals surface area contributed by atoms with E-state index in [0.717, 1.165) is 42.9 Å². The van der Waals surface area contributed by atoms with Crippen molar-refractivity contribution < 1.29 is 20.1 Å². The molecule has 228 valence electrons. The summed E-state index contributed by atoms with van der Waals surface area (Å²) in [5.41, 5.74) is 9.39. The minimum absolute atomic E-state index is 0.115. The minimum Gasteiger partial charge on any atom is -0.504 e. The lowest BCUT2D eigenvalue weighted by Gasteiger charge is -2.29. The van der Waals surface area contributed by atoms with Gasteiger partial charge in [-0.1, -0.05) is 30.7 Å². The molecule has 42 heavy (non-hydrogen) atoms. The molecule has 6 atom stereocenters. The third kappa shape index (κ3) is 8.45. The molecule has 0 unspecified atom stereocenters. The van der Waals surface area contributed by atoms with Gasteiger partial charge in [0.05, 0.1) is 24.6 Å². The minimum atomic E-state index is -0.563. The van der Waals surface area contributed by atoms with Gasteiger partial charge in [-0.25, -0.2) is 0 Å². The van der Waals surface area contributed by atoms with E-state index in [2.05, 4.69) is 34.6 Å². The van der Waals surface area contributed by atoms with Crippen LogP contribution < -0.4 is 15.8 Å². The molecule has 0 bridgehead atoms. The summed E-state index contributed by atoms with van der Waals surface area (Å²) in [7, 11) is 0. The van der Waals surface area contributed by atoms with Crippen LogP contribution in [0, 0.1) is 23.7 Å². The number of aromatic hydroxyl groups is 1. The Balaban J connectivity index is 1.11. The van der Waals surface area contributed by atoms with E-state index in [1.54, 1.807) is 6.07 Å². The van der Waals surface area contributed by atoms with Gasteiger partial charge >= 0.3 is 0 Å². The number of nitrogens with two attached hydrogens (primary N) is 1. The first-order chi connectivity index (χ1) is 20.4. The van der Waals surface area contributed by atoms with Crippen LogP contribution in [-0.2, 0) is 12.8 Å². The van der Waals surface area contributed by atoms with Crippen molar-refractivity contribution in [2.24, 2.45) is 29.4 Å². The predicted molar refractivity (Wildman–Crippen MR) is 167 cm³/mol. The SMILES string of the molecule is NC1=CC([C@H](CCOc2cc(CC[C@@H](O)C[C@@H](O)[C@@H]3CCC[C@@H]4CCC=C[C@@H]4C3)ccc2O)Cc2ccc[nH]2)=CCN1. The molecule has 7 nitrogen and oxygen atoms in total. The lowest BCUT2D eigenvalue weighted by atomic mass is 9.78. The van der Waals surface area contributed by atoms with Crippen LogP contribution in [0.4, 0.5) is 0 Å². The Morgan fingerprint density at radius 2 is 2.00 bits per heavy atom. The van der Waals surface area contributed by atoms with Gasteiger partial charge in [-0.3, -0.25) is 0 Å². The lowest BCUT2D eigenvalue weighted by molar-refractivity contribution is 0.0321. The number of allylic oxidation sites excluding steroid dienone is 4. The van der Waals surface area contributed by atoms with Gasteiger partial charge in [0, 0.05) is 18.4 Å². The standard InChI is InChI=1S/C35H49N3O4/c36-35-22-27(14-17-38-35)28(21-30-9-4-16-37-30)15-18-42-34-19-24(11-13-32(34)40)10-12-31(39)23-33(41)29-8-3-7-25-5-1-2-6-26(25)20-29/h2,4,6,9,11,13-14,16,19,22,25-26,28-29,31,33,37-41H,1,3,5,7-8,10,12,15,17-18,20-21,23,36H2/t25-,26+,28+,29+,31+,33+/m0/s1. The summed E-state index contributed by atoms with van der Waals surface area (Å²) in [5.74, 6) is 3.10. The summed E-state index contributed by atoms with van der Waals surface area (Å²) in [4.78, 5) is 3.30. The summed E-state index contributed by atoms with van der Waals surface area (Å²) in [6.07, 6.45) is 20.0. The number of aliphatic hydroxyl groups excluding tert-OH is 2. The summed E-state index contributed by atoms with van der Waals surface area (Å²) >= 11 is 0. The lowest BCUT2D eigenvalue weighted by Crippen LogP contribution is -2.28. The average molecular weight is 576 g/mol. The number of aromatic nitrogens is 1.